The molecule has 0 spiro atoms. The summed E-state index contributed by atoms with van der Waals surface area (Å²) in [6.45, 7) is 6.19. The SMILES string of the molecule is COCC1CN(Cc2ccnc(Nc3cccc(-c4nccc(-c5ccc(CNC[C@@H]6CCC(=O)N6)c(OC)n5)c4C)c3Cl)c2F)C1. The standard InChI is InChI=1S/C35H39ClFN7O3/c1-21-26(28-9-7-23(35(43-28)47-3)15-38-16-25-8-10-30(45)41-25)12-14-39-33(21)27-5-4-6-29(31(27)36)42-34-32(37)24(11-13-40-34)19-44-17-22(18-44)20-46-2/h4-7,9,11-14,22,25,38H,8,10,15-20H2,1-3H3,(H,40,42)(H,41,45)/t25-/m0/s1. The summed E-state index contributed by atoms with van der Waals surface area (Å²) in [4.78, 5) is 27.4. The van der Waals surface area contributed by atoms with Gasteiger partial charge in [-0.15, -0.1) is 0 Å². The molecular formula is C35H39ClFN7O3. The Hall–Kier alpha value is -4.16. The molecular weight excluding hydrogens is 621 g/mol. The number of pyridine rings is 3. The van der Waals surface area contributed by atoms with Crippen molar-refractivity contribution in [2.45, 2.75) is 38.9 Å². The van der Waals surface area contributed by atoms with E-state index in [1.807, 2.05) is 37.3 Å². The van der Waals surface area contributed by atoms with Crippen molar-refractivity contribution in [2.24, 2.45) is 5.92 Å². The van der Waals surface area contributed by atoms with E-state index in [0.29, 0.717) is 72.0 Å². The van der Waals surface area contributed by atoms with Crippen LogP contribution in [-0.4, -0.2) is 72.3 Å². The molecule has 0 unspecified atom stereocenters. The molecule has 0 radical (unpaired) electrons. The lowest BCUT2D eigenvalue weighted by Gasteiger charge is -2.38. The Morgan fingerprint density at radius 3 is 2.66 bits per heavy atom. The lowest BCUT2D eigenvalue weighted by molar-refractivity contribution is -0.119. The molecule has 0 aliphatic carbocycles. The van der Waals surface area contributed by atoms with E-state index in [0.717, 1.165) is 41.9 Å². The summed E-state index contributed by atoms with van der Waals surface area (Å²) < 4.78 is 26.4. The fraction of sp³-hybridized carbons (Fsp3) is 0.371. The highest BCUT2D eigenvalue weighted by molar-refractivity contribution is 6.36. The Balaban J connectivity index is 1.19. The zero-order valence-electron chi connectivity index (χ0n) is 26.8. The van der Waals surface area contributed by atoms with Crippen LogP contribution in [0.2, 0.25) is 5.02 Å². The number of rotatable bonds is 13. The van der Waals surface area contributed by atoms with Crippen LogP contribution in [0, 0.1) is 18.7 Å². The first-order valence-electron chi connectivity index (χ1n) is 15.7. The maximum atomic E-state index is 15.6. The molecule has 12 heteroatoms. The van der Waals surface area contributed by atoms with E-state index >= 15 is 4.39 Å². The van der Waals surface area contributed by atoms with Crippen LogP contribution in [-0.2, 0) is 22.6 Å². The number of ether oxygens (including phenoxy) is 2. The molecule has 0 saturated carbocycles. The van der Waals surface area contributed by atoms with E-state index in [9.17, 15) is 4.79 Å². The van der Waals surface area contributed by atoms with Crippen LogP contribution in [0.4, 0.5) is 15.9 Å². The van der Waals surface area contributed by atoms with Crippen LogP contribution in [0.15, 0.2) is 54.9 Å². The largest absolute Gasteiger partial charge is 0.481 e. The van der Waals surface area contributed by atoms with Crippen molar-refractivity contribution < 1.29 is 18.7 Å². The number of amides is 1. The van der Waals surface area contributed by atoms with E-state index in [4.69, 9.17) is 26.1 Å². The topological polar surface area (TPSA) is 114 Å². The van der Waals surface area contributed by atoms with E-state index in [1.54, 1.807) is 38.7 Å². The zero-order valence-corrected chi connectivity index (χ0v) is 27.5. The molecule has 246 valence electrons. The predicted octanol–water partition coefficient (Wildman–Crippen LogP) is 5.51. The summed E-state index contributed by atoms with van der Waals surface area (Å²) in [5.41, 5.74) is 5.90. The van der Waals surface area contributed by atoms with Gasteiger partial charge in [0.2, 0.25) is 11.8 Å². The number of nitrogens with one attached hydrogen (secondary N) is 3. The van der Waals surface area contributed by atoms with E-state index < -0.39 is 5.82 Å². The van der Waals surface area contributed by atoms with E-state index in [1.165, 1.54) is 0 Å². The Bertz CT molecular complexity index is 1750. The Morgan fingerprint density at radius 1 is 1.06 bits per heavy atom. The van der Waals surface area contributed by atoms with Gasteiger partial charge in [-0.3, -0.25) is 14.7 Å². The fourth-order valence-corrected chi connectivity index (χ4v) is 6.51. The molecule has 0 bridgehead atoms. The maximum absolute atomic E-state index is 15.6. The van der Waals surface area contributed by atoms with Gasteiger partial charge in [0.05, 0.1) is 35.8 Å². The molecule has 2 aliphatic rings. The summed E-state index contributed by atoms with van der Waals surface area (Å²) in [6, 6.07) is 13.3. The molecule has 1 atom stereocenters. The van der Waals surface area contributed by atoms with Gasteiger partial charge in [-0.05, 0) is 43.2 Å². The lowest BCUT2D eigenvalue weighted by Crippen LogP contribution is -2.47. The Morgan fingerprint density at radius 2 is 1.89 bits per heavy atom. The van der Waals surface area contributed by atoms with Crippen LogP contribution in [0.5, 0.6) is 5.88 Å². The highest BCUT2D eigenvalue weighted by Crippen LogP contribution is 2.38. The second-order valence-corrected chi connectivity index (χ2v) is 12.4. The molecule has 4 aromatic rings. The summed E-state index contributed by atoms with van der Waals surface area (Å²) in [5.74, 6) is 0.825. The number of likely N-dealkylation sites (tertiary alicyclic amines) is 1. The van der Waals surface area contributed by atoms with Gasteiger partial charge >= 0.3 is 0 Å². The second-order valence-electron chi connectivity index (χ2n) is 12.1. The Labute approximate surface area is 279 Å². The van der Waals surface area contributed by atoms with Gasteiger partial charge in [-0.2, -0.15) is 0 Å². The minimum atomic E-state index is -0.399. The number of anilines is 2. The molecule has 3 N–H and O–H groups in total. The number of nitrogens with zero attached hydrogens (tertiary/aromatic N) is 4. The zero-order chi connectivity index (χ0) is 32.9. The first-order chi connectivity index (χ1) is 22.8. The number of methoxy groups -OCH3 is 2. The lowest BCUT2D eigenvalue weighted by atomic mass is 9.99. The van der Waals surface area contributed by atoms with E-state index in [2.05, 4.69) is 30.8 Å². The molecule has 2 saturated heterocycles. The van der Waals surface area contributed by atoms with Crippen molar-refractivity contribution in [2.75, 3.05) is 45.8 Å². The third-order valence-corrected chi connectivity index (χ3v) is 9.12. The second kappa shape index (κ2) is 14.7. The molecule has 1 amide bonds. The summed E-state index contributed by atoms with van der Waals surface area (Å²) in [6.07, 6.45) is 4.75. The van der Waals surface area contributed by atoms with Crippen molar-refractivity contribution in [3.05, 3.63) is 82.4 Å². The number of carbonyl (C=O) groups is 1. The molecule has 5 heterocycles. The monoisotopic (exact) mass is 659 g/mol. The number of benzene rings is 1. The van der Waals surface area contributed by atoms with Crippen molar-refractivity contribution >= 4 is 29.0 Å². The molecule has 2 aliphatic heterocycles. The molecule has 10 nitrogen and oxygen atoms in total. The van der Waals surface area contributed by atoms with Crippen molar-refractivity contribution in [3.63, 3.8) is 0 Å². The number of halogens is 2. The molecule has 1 aromatic carbocycles. The van der Waals surface area contributed by atoms with Crippen molar-refractivity contribution in [3.8, 4) is 28.4 Å². The number of hydrogen-bond acceptors (Lipinski definition) is 9. The highest BCUT2D eigenvalue weighted by atomic mass is 35.5. The fourth-order valence-electron chi connectivity index (χ4n) is 6.25. The van der Waals surface area contributed by atoms with Gasteiger partial charge in [0, 0.05) is 92.9 Å². The molecule has 3 aromatic heterocycles. The minimum Gasteiger partial charge on any atom is -0.481 e. The van der Waals surface area contributed by atoms with Crippen molar-refractivity contribution in [1.29, 1.82) is 0 Å². The van der Waals surface area contributed by atoms with E-state index in [-0.39, 0.29) is 17.8 Å². The first-order valence-corrected chi connectivity index (χ1v) is 16.1. The predicted molar refractivity (Wildman–Crippen MR) is 180 cm³/mol. The van der Waals surface area contributed by atoms with Crippen molar-refractivity contribution in [1.82, 2.24) is 30.5 Å². The molecule has 47 heavy (non-hydrogen) atoms. The van der Waals surface area contributed by atoms with Crippen LogP contribution in [0.3, 0.4) is 0 Å². The van der Waals surface area contributed by atoms with Gasteiger partial charge in [0.1, 0.15) is 0 Å². The number of aromatic nitrogens is 3. The average molecular weight is 660 g/mol. The maximum Gasteiger partial charge on any atom is 0.220 e. The molecule has 2 fully saturated rings. The van der Waals surface area contributed by atoms with Gasteiger partial charge < -0.3 is 25.4 Å². The van der Waals surface area contributed by atoms with Crippen LogP contribution in [0.25, 0.3) is 22.5 Å². The first kappa shape index (κ1) is 32.8. The normalized spacial score (nSPS) is 16.6. The third-order valence-electron chi connectivity index (χ3n) is 8.71. The van der Waals surface area contributed by atoms with Crippen LogP contribution in [0.1, 0.15) is 29.5 Å². The Kier molecular flexibility index (Phi) is 10.3. The average Bonchev–Trinajstić information content (AvgIpc) is 3.47. The van der Waals surface area contributed by atoms with Gasteiger partial charge in [-0.25, -0.2) is 14.4 Å². The smallest absolute Gasteiger partial charge is 0.220 e. The quantitative estimate of drug-likeness (QED) is 0.171. The summed E-state index contributed by atoms with van der Waals surface area (Å²) in [7, 11) is 3.30. The summed E-state index contributed by atoms with van der Waals surface area (Å²) in [5, 5.41) is 9.88. The number of carbonyl (C=O) groups excluding carboxylic acids is 1. The van der Waals surface area contributed by atoms with Crippen LogP contribution < -0.4 is 20.7 Å². The third kappa shape index (κ3) is 7.38. The van der Waals surface area contributed by atoms with Gasteiger partial charge in [0.25, 0.3) is 0 Å². The summed E-state index contributed by atoms with van der Waals surface area (Å²) >= 11 is 6.95. The molecule has 6 rings (SSSR count). The van der Waals surface area contributed by atoms with Gasteiger partial charge in [-0.1, -0.05) is 29.8 Å². The highest BCUT2D eigenvalue weighted by Gasteiger charge is 2.27. The minimum absolute atomic E-state index is 0.0996. The van der Waals surface area contributed by atoms with Gasteiger partial charge in [0.15, 0.2) is 11.6 Å². The number of hydrogen-bond donors (Lipinski definition) is 3. The van der Waals surface area contributed by atoms with Crippen LogP contribution >= 0.6 is 11.6 Å².